The van der Waals surface area contributed by atoms with Gasteiger partial charge in [-0.15, -0.1) is 11.6 Å². The van der Waals surface area contributed by atoms with Gasteiger partial charge >= 0.3 is 0 Å². The van der Waals surface area contributed by atoms with E-state index >= 15 is 0 Å². The molecular weight excluding hydrogens is 263 g/mol. The van der Waals surface area contributed by atoms with Crippen molar-refractivity contribution in [3.63, 3.8) is 0 Å². The van der Waals surface area contributed by atoms with Crippen molar-refractivity contribution in [2.24, 2.45) is 13.0 Å². The summed E-state index contributed by atoms with van der Waals surface area (Å²) in [5, 5.41) is 4.44. The Morgan fingerprint density at radius 3 is 2.64 bits per heavy atom. The average Bonchev–Trinajstić information content (AvgIpc) is 2.44. The van der Waals surface area contributed by atoms with Gasteiger partial charge < -0.3 is 0 Å². The maximum absolute atomic E-state index is 5.80. The van der Waals surface area contributed by atoms with Crippen LogP contribution in [0.1, 0.15) is 25.2 Å². The van der Waals surface area contributed by atoms with Crippen LogP contribution in [0.5, 0.6) is 0 Å². The van der Waals surface area contributed by atoms with Gasteiger partial charge in [-0.05, 0) is 34.7 Å². The lowest BCUT2D eigenvalue weighted by Gasteiger charge is -2.07. The molecule has 4 heteroatoms. The van der Waals surface area contributed by atoms with E-state index in [2.05, 4.69) is 34.9 Å². The van der Waals surface area contributed by atoms with E-state index in [0.717, 1.165) is 23.0 Å². The average molecular weight is 280 g/mol. The zero-order valence-electron chi connectivity index (χ0n) is 8.85. The molecule has 0 amide bonds. The van der Waals surface area contributed by atoms with E-state index in [1.165, 1.54) is 5.69 Å². The fraction of sp³-hybridized carbons (Fsp3) is 0.700. The van der Waals surface area contributed by atoms with Crippen molar-refractivity contribution in [1.82, 2.24) is 9.78 Å². The predicted octanol–water partition coefficient (Wildman–Crippen LogP) is 3.16. The van der Waals surface area contributed by atoms with Crippen LogP contribution in [0.25, 0.3) is 0 Å². The minimum Gasteiger partial charge on any atom is -0.271 e. The summed E-state index contributed by atoms with van der Waals surface area (Å²) >= 11 is 9.40. The molecule has 1 heterocycles. The third kappa shape index (κ3) is 2.51. The summed E-state index contributed by atoms with van der Waals surface area (Å²) < 4.78 is 3.10. The van der Waals surface area contributed by atoms with E-state index in [9.17, 15) is 0 Å². The first-order chi connectivity index (χ1) is 6.60. The van der Waals surface area contributed by atoms with Crippen molar-refractivity contribution in [2.75, 3.05) is 5.88 Å². The molecule has 0 aliphatic carbocycles. The molecule has 2 nitrogen and oxygen atoms in total. The van der Waals surface area contributed by atoms with Crippen LogP contribution in [0.4, 0.5) is 0 Å². The molecule has 0 spiro atoms. The Hall–Kier alpha value is -0.0200. The minimum atomic E-state index is 0.494. The van der Waals surface area contributed by atoms with Crippen LogP contribution in [0.15, 0.2) is 4.47 Å². The van der Waals surface area contributed by atoms with Crippen LogP contribution < -0.4 is 0 Å². The fourth-order valence-corrected chi connectivity index (χ4v) is 2.31. The Bertz CT molecular complexity index is 309. The molecule has 0 radical (unpaired) electrons. The monoisotopic (exact) mass is 278 g/mol. The maximum atomic E-state index is 5.80. The molecule has 80 valence electrons. The summed E-state index contributed by atoms with van der Waals surface area (Å²) in [6.07, 6.45) is 1.94. The normalized spacial score (nSPS) is 13.2. The van der Waals surface area contributed by atoms with Crippen molar-refractivity contribution >= 4 is 27.5 Å². The molecular formula is C10H16BrClN2. The molecule has 0 saturated carbocycles. The second kappa shape index (κ2) is 5.17. The topological polar surface area (TPSA) is 17.8 Å². The number of alkyl halides is 1. The van der Waals surface area contributed by atoms with Gasteiger partial charge in [-0.25, -0.2) is 0 Å². The van der Waals surface area contributed by atoms with Gasteiger partial charge in [0.05, 0.1) is 15.9 Å². The standard InChI is InChI=1S/C10H16BrClN2/c1-4-8-10(11)9(14(3)13-8)5-7(2)6-12/h7H,4-6H2,1-3H3. The molecule has 0 aromatic carbocycles. The third-order valence-corrected chi connectivity index (χ3v) is 3.75. The van der Waals surface area contributed by atoms with E-state index < -0.39 is 0 Å². The molecule has 14 heavy (non-hydrogen) atoms. The molecule has 0 bridgehead atoms. The summed E-state index contributed by atoms with van der Waals surface area (Å²) in [7, 11) is 1.99. The fourth-order valence-electron chi connectivity index (χ4n) is 1.43. The van der Waals surface area contributed by atoms with Crippen LogP contribution >= 0.6 is 27.5 Å². The molecule has 1 aromatic rings. The van der Waals surface area contributed by atoms with Crippen LogP contribution in [0, 0.1) is 5.92 Å². The Labute approximate surface area is 98.8 Å². The highest BCUT2D eigenvalue weighted by molar-refractivity contribution is 9.10. The number of aromatic nitrogens is 2. The highest BCUT2D eigenvalue weighted by Gasteiger charge is 2.14. The molecule has 1 rings (SSSR count). The number of hydrogen-bond acceptors (Lipinski definition) is 1. The van der Waals surface area contributed by atoms with Gasteiger partial charge in [0.2, 0.25) is 0 Å². The predicted molar refractivity (Wildman–Crippen MR) is 63.9 cm³/mol. The quantitative estimate of drug-likeness (QED) is 0.774. The molecule has 1 unspecified atom stereocenters. The van der Waals surface area contributed by atoms with E-state index in [4.69, 9.17) is 11.6 Å². The van der Waals surface area contributed by atoms with Gasteiger partial charge in [-0.2, -0.15) is 5.10 Å². The Kier molecular flexibility index (Phi) is 4.45. The van der Waals surface area contributed by atoms with Crippen molar-refractivity contribution in [3.05, 3.63) is 15.9 Å². The van der Waals surface area contributed by atoms with Gasteiger partial charge in [-0.3, -0.25) is 4.68 Å². The summed E-state index contributed by atoms with van der Waals surface area (Å²) in [5.41, 5.74) is 2.37. The van der Waals surface area contributed by atoms with E-state index in [1.807, 2.05) is 11.7 Å². The van der Waals surface area contributed by atoms with E-state index in [0.29, 0.717) is 11.8 Å². The first-order valence-corrected chi connectivity index (χ1v) is 6.19. The van der Waals surface area contributed by atoms with Crippen LogP contribution in [-0.4, -0.2) is 15.7 Å². The SMILES string of the molecule is CCc1nn(C)c(CC(C)CCl)c1Br. The second-order valence-corrected chi connectivity index (χ2v) is 4.75. The van der Waals surface area contributed by atoms with Crippen LogP contribution in [0.3, 0.4) is 0 Å². The van der Waals surface area contributed by atoms with Crippen LogP contribution in [0.2, 0.25) is 0 Å². The van der Waals surface area contributed by atoms with Crippen molar-refractivity contribution in [3.8, 4) is 0 Å². The highest BCUT2D eigenvalue weighted by Crippen LogP contribution is 2.24. The van der Waals surface area contributed by atoms with Crippen molar-refractivity contribution in [1.29, 1.82) is 0 Å². The number of halogens is 2. The first kappa shape index (κ1) is 12.1. The lowest BCUT2D eigenvalue weighted by molar-refractivity contribution is 0.597. The van der Waals surface area contributed by atoms with Crippen molar-refractivity contribution < 1.29 is 0 Å². The highest BCUT2D eigenvalue weighted by atomic mass is 79.9. The summed E-state index contributed by atoms with van der Waals surface area (Å²) in [6.45, 7) is 4.26. The smallest absolute Gasteiger partial charge is 0.0766 e. The van der Waals surface area contributed by atoms with E-state index in [-0.39, 0.29) is 0 Å². The second-order valence-electron chi connectivity index (χ2n) is 3.65. The lowest BCUT2D eigenvalue weighted by Crippen LogP contribution is -2.06. The Morgan fingerprint density at radius 1 is 1.57 bits per heavy atom. The van der Waals surface area contributed by atoms with Crippen molar-refractivity contribution in [2.45, 2.75) is 26.7 Å². The number of aryl methyl sites for hydroxylation is 2. The maximum Gasteiger partial charge on any atom is 0.0766 e. The van der Waals surface area contributed by atoms with Gasteiger partial charge in [0.15, 0.2) is 0 Å². The number of nitrogens with zero attached hydrogens (tertiary/aromatic N) is 2. The molecule has 0 fully saturated rings. The van der Waals surface area contributed by atoms with Crippen LogP contribution in [-0.2, 0) is 19.9 Å². The minimum absolute atomic E-state index is 0.494. The van der Waals surface area contributed by atoms with E-state index in [1.54, 1.807) is 0 Å². The number of hydrogen-bond donors (Lipinski definition) is 0. The molecule has 1 aromatic heterocycles. The first-order valence-electron chi connectivity index (χ1n) is 4.86. The van der Waals surface area contributed by atoms with Gasteiger partial charge in [0, 0.05) is 12.9 Å². The van der Waals surface area contributed by atoms with Gasteiger partial charge in [-0.1, -0.05) is 13.8 Å². The Balaban J connectivity index is 2.90. The lowest BCUT2D eigenvalue weighted by atomic mass is 10.1. The largest absolute Gasteiger partial charge is 0.271 e. The molecule has 0 saturated heterocycles. The summed E-state index contributed by atoms with van der Waals surface area (Å²) in [4.78, 5) is 0. The molecule has 1 atom stereocenters. The zero-order valence-corrected chi connectivity index (χ0v) is 11.2. The summed E-state index contributed by atoms with van der Waals surface area (Å²) in [5.74, 6) is 1.19. The molecule has 0 aliphatic rings. The Morgan fingerprint density at radius 2 is 2.21 bits per heavy atom. The van der Waals surface area contributed by atoms with Gasteiger partial charge in [0.25, 0.3) is 0 Å². The van der Waals surface area contributed by atoms with Gasteiger partial charge in [0.1, 0.15) is 0 Å². The third-order valence-electron chi connectivity index (χ3n) is 2.31. The molecule has 0 N–H and O–H groups in total. The summed E-state index contributed by atoms with van der Waals surface area (Å²) in [6, 6.07) is 0. The molecule has 0 aliphatic heterocycles. The zero-order chi connectivity index (χ0) is 10.7. The number of rotatable bonds is 4.